The predicted molar refractivity (Wildman–Crippen MR) is 97.7 cm³/mol. The summed E-state index contributed by atoms with van der Waals surface area (Å²) in [5.74, 6) is 0.707. The first kappa shape index (κ1) is 17.9. The number of benzene rings is 1. The third kappa shape index (κ3) is 4.19. The Morgan fingerprint density at radius 2 is 1.96 bits per heavy atom. The minimum Gasteiger partial charge on any atom is -0.299 e. The Labute approximate surface area is 146 Å². The molecule has 1 heterocycles. The molecule has 4 nitrogen and oxygen atoms in total. The number of hydrogen-bond donors (Lipinski definition) is 1. The number of aryl methyl sites for hydroxylation is 2. The standard InChI is InChI=1S/C19H30N2O2S/c1-15-6-5-11-21(14-15)16(2)13-20-24(22,23)19-10-9-17-7-3-4-8-18(17)12-19/h9-10,12,15-16,20H,3-8,11,13-14H2,1-2H3. The minimum atomic E-state index is -3.42. The lowest BCUT2D eigenvalue weighted by molar-refractivity contribution is 0.140. The Kier molecular flexibility index (Phi) is 5.63. The quantitative estimate of drug-likeness (QED) is 0.888. The molecule has 0 amide bonds. The van der Waals surface area contributed by atoms with Crippen LogP contribution in [-0.4, -0.2) is 39.0 Å². The van der Waals surface area contributed by atoms with Crippen LogP contribution >= 0.6 is 0 Å². The second-order valence-corrected chi connectivity index (χ2v) is 9.35. The molecule has 1 aromatic rings. The van der Waals surface area contributed by atoms with Gasteiger partial charge >= 0.3 is 0 Å². The molecule has 0 spiro atoms. The fourth-order valence-electron chi connectivity index (χ4n) is 3.95. The fraction of sp³-hybridized carbons (Fsp3) is 0.684. The third-order valence-corrected chi connectivity index (χ3v) is 6.93. The van der Waals surface area contributed by atoms with Crippen LogP contribution in [0.5, 0.6) is 0 Å². The lowest BCUT2D eigenvalue weighted by Gasteiger charge is -2.35. The number of hydrogen-bond acceptors (Lipinski definition) is 3. The van der Waals surface area contributed by atoms with E-state index in [1.165, 1.54) is 30.4 Å². The van der Waals surface area contributed by atoms with E-state index < -0.39 is 10.0 Å². The van der Waals surface area contributed by atoms with E-state index in [1.807, 2.05) is 12.1 Å². The Balaban J connectivity index is 1.63. The van der Waals surface area contributed by atoms with E-state index in [9.17, 15) is 8.42 Å². The van der Waals surface area contributed by atoms with Crippen molar-refractivity contribution in [1.29, 1.82) is 0 Å². The summed E-state index contributed by atoms with van der Waals surface area (Å²) < 4.78 is 28.1. The highest BCUT2D eigenvalue weighted by Gasteiger charge is 2.23. The molecule has 0 bridgehead atoms. The van der Waals surface area contributed by atoms with Crippen molar-refractivity contribution in [1.82, 2.24) is 9.62 Å². The van der Waals surface area contributed by atoms with Crippen molar-refractivity contribution in [3.63, 3.8) is 0 Å². The highest BCUT2D eigenvalue weighted by Crippen LogP contribution is 2.24. The van der Waals surface area contributed by atoms with Gasteiger partial charge in [0.2, 0.25) is 10.0 Å². The highest BCUT2D eigenvalue weighted by molar-refractivity contribution is 7.89. The molecule has 5 heteroatoms. The molecule has 2 unspecified atom stereocenters. The van der Waals surface area contributed by atoms with Gasteiger partial charge in [-0.2, -0.15) is 0 Å². The van der Waals surface area contributed by atoms with Gasteiger partial charge in [-0.3, -0.25) is 4.90 Å². The van der Waals surface area contributed by atoms with Crippen molar-refractivity contribution in [2.45, 2.75) is 63.3 Å². The largest absolute Gasteiger partial charge is 0.299 e. The molecule has 1 fully saturated rings. The first-order valence-corrected chi connectivity index (χ1v) is 10.8. The summed E-state index contributed by atoms with van der Waals surface area (Å²) in [7, 11) is -3.42. The highest BCUT2D eigenvalue weighted by atomic mass is 32.2. The number of nitrogens with one attached hydrogen (secondary N) is 1. The smallest absolute Gasteiger partial charge is 0.240 e. The van der Waals surface area contributed by atoms with Crippen molar-refractivity contribution < 1.29 is 8.42 Å². The molecule has 24 heavy (non-hydrogen) atoms. The zero-order valence-electron chi connectivity index (χ0n) is 14.9. The van der Waals surface area contributed by atoms with Crippen molar-refractivity contribution in [2.75, 3.05) is 19.6 Å². The molecular formula is C19H30N2O2S. The van der Waals surface area contributed by atoms with Gasteiger partial charge in [0.05, 0.1) is 4.90 Å². The maximum Gasteiger partial charge on any atom is 0.240 e. The zero-order valence-corrected chi connectivity index (χ0v) is 15.7. The van der Waals surface area contributed by atoms with Crippen molar-refractivity contribution in [3.8, 4) is 0 Å². The summed E-state index contributed by atoms with van der Waals surface area (Å²) in [5.41, 5.74) is 2.53. The number of nitrogens with zero attached hydrogens (tertiary/aromatic N) is 1. The maximum atomic E-state index is 12.6. The zero-order chi connectivity index (χ0) is 17.2. The van der Waals surface area contributed by atoms with Gasteiger partial charge in [-0.15, -0.1) is 0 Å². The van der Waals surface area contributed by atoms with Gasteiger partial charge in [0.25, 0.3) is 0 Å². The third-order valence-electron chi connectivity index (χ3n) is 5.51. The molecule has 1 aliphatic heterocycles. The van der Waals surface area contributed by atoms with Crippen LogP contribution in [0, 0.1) is 5.92 Å². The van der Waals surface area contributed by atoms with E-state index in [-0.39, 0.29) is 6.04 Å². The number of rotatable bonds is 5. The molecule has 134 valence electrons. The van der Waals surface area contributed by atoms with Gasteiger partial charge in [0, 0.05) is 19.1 Å². The van der Waals surface area contributed by atoms with E-state index in [2.05, 4.69) is 23.5 Å². The molecular weight excluding hydrogens is 320 g/mol. The summed E-state index contributed by atoms with van der Waals surface area (Å²) >= 11 is 0. The molecule has 1 aliphatic carbocycles. The molecule has 3 rings (SSSR count). The molecule has 2 atom stereocenters. The molecule has 1 saturated heterocycles. The normalized spacial score (nSPS) is 23.7. The van der Waals surface area contributed by atoms with Crippen LogP contribution in [0.25, 0.3) is 0 Å². The van der Waals surface area contributed by atoms with Gasteiger partial charge in [0.15, 0.2) is 0 Å². The van der Waals surface area contributed by atoms with Crippen molar-refractivity contribution in [2.24, 2.45) is 5.92 Å². The molecule has 0 saturated carbocycles. The molecule has 2 aliphatic rings. The second kappa shape index (κ2) is 7.54. The van der Waals surface area contributed by atoms with Crippen LogP contribution in [0.15, 0.2) is 23.1 Å². The van der Waals surface area contributed by atoms with Crippen LogP contribution in [0.1, 0.15) is 50.7 Å². The molecule has 0 aromatic heterocycles. The monoisotopic (exact) mass is 350 g/mol. The van der Waals surface area contributed by atoms with Crippen LogP contribution in [0.2, 0.25) is 0 Å². The van der Waals surface area contributed by atoms with Crippen LogP contribution in [0.3, 0.4) is 0 Å². The van der Waals surface area contributed by atoms with Crippen LogP contribution < -0.4 is 4.72 Å². The van der Waals surface area contributed by atoms with Crippen LogP contribution in [-0.2, 0) is 22.9 Å². The summed E-state index contributed by atoms with van der Waals surface area (Å²) in [6, 6.07) is 5.88. The molecule has 1 N–H and O–H groups in total. The van der Waals surface area contributed by atoms with Gasteiger partial charge in [-0.1, -0.05) is 13.0 Å². The Hall–Kier alpha value is -0.910. The first-order chi connectivity index (χ1) is 11.5. The summed E-state index contributed by atoms with van der Waals surface area (Å²) in [5, 5.41) is 0. The molecule has 0 radical (unpaired) electrons. The summed E-state index contributed by atoms with van der Waals surface area (Å²) in [6.45, 7) is 7.02. The lowest BCUT2D eigenvalue weighted by atomic mass is 9.92. The van der Waals surface area contributed by atoms with Gasteiger partial charge in [0.1, 0.15) is 0 Å². The Morgan fingerprint density at radius 3 is 2.71 bits per heavy atom. The average Bonchev–Trinajstić information content (AvgIpc) is 2.59. The average molecular weight is 351 g/mol. The van der Waals surface area contributed by atoms with Crippen molar-refractivity contribution in [3.05, 3.63) is 29.3 Å². The van der Waals surface area contributed by atoms with E-state index in [4.69, 9.17) is 0 Å². The number of fused-ring (bicyclic) bond motifs is 1. The Morgan fingerprint density at radius 1 is 1.21 bits per heavy atom. The topological polar surface area (TPSA) is 49.4 Å². The number of likely N-dealkylation sites (tertiary alicyclic amines) is 1. The Bertz CT molecular complexity index is 672. The van der Waals surface area contributed by atoms with E-state index in [0.29, 0.717) is 17.4 Å². The number of piperidine rings is 1. The van der Waals surface area contributed by atoms with E-state index in [1.54, 1.807) is 6.07 Å². The SMILES string of the molecule is CC1CCCN(C(C)CNS(=O)(=O)c2ccc3c(c2)CCCC3)C1. The maximum absolute atomic E-state index is 12.6. The van der Waals surface area contributed by atoms with Crippen molar-refractivity contribution >= 4 is 10.0 Å². The second-order valence-electron chi connectivity index (χ2n) is 7.58. The van der Waals surface area contributed by atoms with E-state index in [0.717, 1.165) is 32.4 Å². The minimum absolute atomic E-state index is 0.236. The number of sulfonamides is 1. The fourth-order valence-corrected chi connectivity index (χ4v) is 5.12. The summed E-state index contributed by atoms with van der Waals surface area (Å²) in [4.78, 5) is 2.83. The van der Waals surface area contributed by atoms with Gasteiger partial charge < -0.3 is 0 Å². The van der Waals surface area contributed by atoms with Gasteiger partial charge in [-0.05, 0) is 81.2 Å². The summed E-state index contributed by atoms with van der Waals surface area (Å²) in [6.07, 6.45) is 6.94. The predicted octanol–water partition coefficient (Wildman–Crippen LogP) is 2.96. The first-order valence-electron chi connectivity index (χ1n) is 9.31. The van der Waals surface area contributed by atoms with E-state index >= 15 is 0 Å². The van der Waals surface area contributed by atoms with Crippen LogP contribution in [0.4, 0.5) is 0 Å². The van der Waals surface area contributed by atoms with Gasteiger partial charge in [-0.25, -0.2) is 13.1 Å². The lowest BCUT2D eigenvalue weighted by Crippen LogP contribution is -2.46. The molecule has 1 aromatic carbocycles.